The highest BCUT2D eigenvalue weighted by atomic mass is 79.9. The minimum Gasteiger partial charge on any atom is -0.480 e. The molecule has 1 atom stereocenters. The smallest absolute Gasteiger partial charge is 0.325 e. The number of benzene rings is 1. The molecule has 82 valence electrons. The molecular formula is C11H14BrNO2. The molecule has 0 aromatic heterocycles. The molecule has 0 amide bonds. The van der Waals surface area contributed by atoms with Gasteiger partial charge < -0.3 is 10.8 Å². The van der Waals surface area contributed by atoms with Gasteiger partial charge in [0.1, 0.15) is 6.04 Å². The van der Waals surface area contributed by atoms with Gasteiger partial charge in [-0.1, -0.05) is 41.9 Å². The molecule has 1 aromatic carbocycles. The van der Waals surface area contributed by atoms with Gasteiger partial charge in [0.25, 0.3) is 0 Å². The number of carboxylic acids is 1. The van der Waals surface area contributed by atoms with Crippen LogP contribution in [-0.4, -0.2) is 11.1 Å². The molecule has 1 rings (SSSR count). The van der Waals surface area contributed by atoms with Crippen LogP contribution in [0.2, 0.25) is 0 Å². The Labute approximate surface area is 97.4 Å². The maximum atomic E-state index is 10.7. The van der Waals surface area contributed by atoms with E-state index in [0.717, 1.165) is 10.0 Å². The number of halogens is 1. The van der Waals surface area contributed by atoms with Crippen molar-refractivity contribution < 1.29 is 9.90 Å². The first kappa shape index (κ1) is 12.2. The third-order valence-corrected chi connectivity index (χ3v) is 2.96. The van der Waals surface area contributed by atoms with Crippen LogP contribution in [0.3, 0.4) is 0 Å². The molecule has 0 aliphatic heterocycles. The first-order chi connectivity index (χ1) is 6.93. The third-order valence-electron chi connectivity index (χ3n) is 2.27. The molecule has 0 aliphatic rings. The lowest BCUT2D eigenvalue weighted by Crippen LogP contribution is -2.20. The Kier molecular flexibility index (Phi) is 3.88. The number of rotatable bonds is 3. The van der Waals surface area contributed by atoms with Crippen molar-refractivity contribution in [2.24, 2.45) is 5.73 Å². The van der Waals surface area contributed by atoms with Crippen LogP contribution < -0.4 is 5.73 Å². The number of hydrogen-bond acceptors (Lipinski definition) is 2. The average Bonchev–Trinajstić information content (AvgIpc) is 2.15. The Morgan fingerprint density at radius 3 is 2.47 bits per heavy atom. The predicted octanol–water partition coefficient (Wildman–Crippen LogP) is 2.66. The molecule has 0 spiro atoms. The Balaban J connectivity index is 3.06. The zero-order valence-electron chi connectivity index (χ0n) is 8.70. The van der Waals surface area contributed by atoms with Crippen molar-refractivity contribution in [2.45, 2.75) is 25.8 Å². The average molecular weight is 272 g/mol. The fourth-order valence-corrected chi connectivity index (χ4v) is 2.20. The number of aliphatic carboxylic acids is 1. The molecule has 4 heteroatoms. The Morgan fingerprint density at radius 2 is 2.07 bits per heavy atom. The van der Waals surface area contributed by atoms with Crippen molar-refractivity contribution in [3.8, 4) is 0 Å². The van der Waals surface area contributed by atoms with Gasteiger partial charge in [-0.05, 0) is 23.1 Å². The van der Waals surface area contributed by atoms with Crippen LogP contribution in [0.15, 0.2) is 22.7 Å². The Bertz CT molecular complexity index is 377. The van der Waals surface area contributed by atoms with Gasteiger partial charge in [0.05, 0.1) is 0 Å². The van der Waals surface area contributed by atoms with Crippen LogP contribution in [0.5, 0.6) is 0 Å². The largest absolute Gasteiger partial charge is 0.480 e. The van der Waals surface area contributed by atoms with E-state index in [1.54, 1.807) is 12.1 Å². The fourth-order valence-electron chi connectivity index (χ4n) is 1.35. The van der Waals surface area contributed by atoms with Crippen LogP contribution in [-0.2, 0) is 4.79 Å². The molecule has 15 heavy (non-hydrogen) atoms. The van der Waals surface area contributed by atoms with E-state index in [-0.39, 0.29) is 0 Å². The minimum absolute atomic E-state index is 0.398. The zero-order chi connectivity index (χ0) is 11.6. The molecule has 0 bridgehead atoms. The summed E-state index contributed by atoms with van der Waals surface area (Å²) in [6, 6.07) is 4.49. The number of nitrogens with two attached hydrogens (primary N) is 1. The van der Waals surface area contributed by atoms with E-state index in [4.69, 9.17) is 10.8 Å². The molecule has 0 radical (unpaired) electrons. The van der Waals surface area contributed by atoms with E-state index in [1.165, 1.54) is 0 Å². The van der Waals surface area contributed by atoms with E-state index in [1.807, 2.05) is 6.07 Å². The number of carbonyl (C=O) groups is 1. The van der Waals surface area contributed by atoms with E-state index >= 15 is 0 Å². The summed E-state index contributed by atoms with van der Waals surface area (Å²) in [6.07, 6.45) is 0. The minimum atomic E-state index is -1.01. The Hall–Kier alpha value is -0.870. The van der Waals surface area contributed by atoms with Crippen molar-refractivity contribution in [1.82, 2.24) is 0 Å². The van der Waals surface area contributed by atoms with Crippen molar-refractivity contribution >= 4 is 21.9 Å². The summed E-state index contributed by atoms with van der Waals surface area (Å²) < 4.78 is 0.909. The van der Waals surface area contributed by atoms with Crippen LogP contribution in [0.25, 0.3) is 0 Å². The van der Waals surface area contributed by atoms with Crippen molar-refractivity contribution in [1.29, 1.82) is 0 Å². The van der Waals surface area contributed by atoms with E-state index in [9.17, 15) is 4.79 Å². The highest BCUT2D eigenvalue weighted by Crippen LogP contribution is 2.27. The maximum Gasteiger partial charge on any atom is 0.325 e. The second kappa shape index (κ2) is 4.77. The van der Waals surface area contributed by atoms with Gasteiger partial charge in [0, 0.05) is 4.47 Å². The molecule has 0 saturated carbocycles. The summed E-state index contributed by atoms with van der Waals surface area (Å²) in [7, 11) is 0. The van der Waals surface area contributed by atoms with Crippen LogP contribution in [0.4, 0.5) is 0 Å². The molecule has 1 unspecified atom stereocenters. The molecule has 1 aromatic rings. The lowest BCUT2D eigenvalue weighted by Gasteiger charge is -2.12. The first-order valence-electron chi connectivity index (χ1n) is 4.71. The summed E-state index contributed by atoms with van der Waals surface area (Å²) in [5.74, 6) is -0.617. The highest BCUT2D eigenvalue weighted by Gasteiger charge is 2.15. The summed E-state index contributed by atoms with van der Waals surface area (Å²) in [5, 5.41) is 8.76. The van der Waals surface area contributed by atoms with Gasteiger partial charge in [-0.25, -0.2) is 0 Å². The summed E-state index contributed by atoms with van der Waals surface area (Å²) in [6.45, 7) is 4.16. The van der Waals surface area contributed by atoms with Crippen molar-refractivity contribution in [3.63, 3.8) is 0 Å². The van der Waals surface area contributed by atoms with Crippen LogP contribution in [0.1, 0.15) is 36.9 Å². The lowest BCUT2D eigenvalue weighted by atomic mass is 9.99. The SMILES string of the molecule is CC(C)c1ccc(C(N)C(=O)O)cc1Br. The number of hydrogen-bond donors (Lipinski definition) is 2. The zero-order valence-corrected chi connectivity index (χ0v) is 10.3. The number of carboxylic acid groups (broad SMARTS) is 1. The quantitative estimate of drug-likeness (QED) is 0.889. The normalized spacial score (nSPS) is 12.9. The fraction of sp³-hybridized carbons (Fsp3) is 0.364. The summed E-state index contributed by atoms with van der Waals surface area (Å²) in [5.41, 5.74) is 7.27. The summed E-state index contributed by atoms with van der Waals surface area (Å²) >= 11 is 3.42. The standard InChI is InChI=1S/C11H14BrNO2/c1-6(2)8-4-3-7(5-9(8)12)10(13)11(14)15/h3-6,10H,13H2,1-2H3,(H,14,15). The first-order valence-corrected chi connectivity index (χ1v) is 5.50. The molecule has 0 fully saturated rings. The maximum absolute atomic E-state index is 10.7. The van der Waals surface area contributed by atoms with Gasteiger partial charge >= 0.3 is 5.97 Å². The van der Waals surface area contributed by atoms with Crippen LogP contribution >= 0.6 is 15.9 Å². The van der Waals surface area contributed by atoms with Gasteiger partial charge in [0.2, 0.25) is 0 Å². The second-order valence-corrected chi connectivity index (χ2v) is 4.61. The van der Waals surface area contributed by atoms with E-state index in [0.29, 0.717) is 11.5 Å². The van der Waals surface area contributed by atoms with Gasteiger partial charge in [-0.2, -0.15) is 0 Å². The molecule has 0 saturated heterocycles. The highest BCUT2D eigenvalue weighted by molar-refractivity contribution is 9.10. The molecular weight excluding hydrogens is 258 g/mol. The topological polar surface area (TPSA) is 63.3 Å². The monoisotopic (exact) mass is 271 g/mol. The van der Waals surface area contributed by atoms with E-state index in [2.05, 4.69) is 29.8 Å². The van der Waals surface area contributed by atoms with E-state index < -0.39 is 12.0 Å². The van der Waals surface area contributed by atoms with Crippen molar-refractivity contribution in [2.75, 3.05) is 0 Å². The molecule has 0 aliphatic carbocycles. The van der Waals surface area contributed by atoms with Crippen LogP contribution in [0, 0.1) is 0 Å². The van der Waals surface area contributed by atoms with Gasteiger partial charge in [0.15, 0.2) is 0 Å². The lowest BCUT2D eigenvalue weighted by molar-refractivity contribution is -0.138. The Morgan fingerprint density at radius 1 is 1.47 bits per heavy atom. The molecule has 0 heterocycles. The third kappa shape index (κ3) is 2.79. The van der Waals surface area contributed by atoms with Crippen molar-refractivity contribution in [3.05, 3.63) is 33.8 Å². The summed E-state index contributed by atoms with van der Waals surface area (Å²) in [4.78, 5) is 10.7. The predicted molar refractivity (Wildman–Crippen MR) is 62.8 cm³/mol. The van der Waals surface area contributed by atoms with Gasteiger partial charge in [-0.3, -0.25) is 4.79 Å². The molecule has 3 nitrogen and oxygen atoms in total. The second-order valence-electron chi connectivity index (χ2n) is 3.75. The molecule has 3 N–H and O–H groups in total. The van der Waals surface area contributed by atoms with Gasteiger partial charge in [-0.15, -0.1) is 0 Å².